The molecule has 17 heteroatoms. The van der Waals surface area contributed by atoms with Gasteiger partial charge in [-0.25, -0.2) is 9.55 Å². The van der Waals surface area contributed by atoms with Crippen LogP contribution in [0.25, 0.3) is 11.2 Å². The molecule has 2 aliphatic rings. The molecule has 0 radical (unpaired) electrons. The number of benzene rings is 1. The van der Waals surface area contributed by atoms with Crippen molar-refractivity contribution in [2.45, 2.75) is 37.0 Å². The van der Waals surface area contributed by atoms with Gasteiger partial charge in [0.05, 0.1) is 20.0 Å². The number of imidazole rings is 1. The minimum Gasteiger partial charge on any atom is -0.508 e. The number of ether oxygens (including phenoxy) is 2. The lowest BCUT2D eigenvalue weighted by molar-refractivity contribution is -0.142. The van der Waals surface area contributed by atoms with Crippen LogP contribution in [0, 0.1) is 0 Å². The molecule has 2 saturated heterocycles. The van der Waals surface area contributed by atoms with E-state index in [1.165, 1.54) is 18.0 Å². The molecule has 8 N–H and O–H groups in total. The van der Waals surface area contributed by atoms with Crippen molar-refractivity contribution < 1.29 is 43.0 Å². The zero-order valence-electron chi connectivity index (χ0n) is 19.3. The number of rotatable bonds is 4. The first-order valence-electron chi connectivity index (χ1n) is 10.8. The molecular weight excluding hydrogens is 515 g/mol. The predicted molar refractivity (Wildman–Crippen MR) is 125 cm³/mol. The number of nitrogens with one attached hydrogen (secondary N) is 1. The molecular formula is C20H25N6O10P. The summed E-state index contributed by atoms with van der Waals surface area (Å²) in [6, 6.07) is 5.90. The highest BCUT2D eigenvalue weighted by atomic mass is 31.2. The lowest BCUT2D eigenvalue weighted by atomic mass is 10.1. The van der Waals surface area contributed by atoms with E-state index in [0.717, 1.165) is 5.56 Å². The molecule has 0 bridgehead atoms. The number of hydrogen-bond donors (Lipinski definition) is 6. The molecule has 0 aliphatic carbocycles. The number of phosphoric acid groups is 1. The van der Waals surface area contributed by atoms with Crippen LogP contribution in [0.4, 0.5) is 5.95 Å². The highest BCUT2D eigenvalue weighted by Crippen LogP contribution is 2.52. The zero-order valence-corrected chi connectivity index (χ0v) is 20.2. The molecule has 0 saturated carbocycles. The second kappa shape index (κ2) is 10.5. The van der Waals surface area contributed by atoms with Crippen LogP contribution in [0.15, 0.2) is 35.4 Å². The molecule has 6 atom stereocenters. The molecule has 2 aliphatic heterocycles. The first-order chi connectivity index (χ1) is 17.5. The topological polar surface area (TPSA) is 247 Å². The molecule has 1 aromatic carbocycles. The number of esters is 1. The number of fused-ring (bicyclic) bond motifs is 2. The van der Waals surface area contributed by atoms with Gasteiger partial charge in [-0.05, 0) is 24.1 Å². The summed E-state index contributed by atoms with van der Waals surface area (Å²) in [7, 11) is -2.91. The van der Waals surface area contributed by atoms with Crippen molar-refractivity contribution in [3.63, 3.8) is 0 Å². The molecule has 3 aromatic rings. The van der Waals surface area contributed by atoms with Crippen molar-refractivity contribution in [2.75, 3.05) is 19.5 Å². The molecule has 2 unspecified atom stereocenters. The summed E-state index contributed by atoms with van der Waals surface area (Å²) in [6.45, 7) is -0.214. The monoisotopic (exact) mass is 540 g/mol. The average molecular weight is 540 g/mol. The molecule has 0 amide bonds. The van der Waals surface area contributed by atoms with E-state index >= 15 is 0 Å². The summed E-state index contributed by atoms with van der Waals surface area (Å²) in [6.07, 6.45) is -2.44. The molecule has 4 heterocycles. The summed E-state index contributed by atoms with van der Waals surface area (Å²) in [5.74, 6) is -0.355. The third-order valence-corrected chi connectivity index (χ3v) is 6.57. The lowest BCUT2D eigenvalue weighted by Crippen LogP contribution is -2.39. The summed E-state index contributed by atoms with van der Waals surface area (Å²) in [4.78, 5) is 42.3. The number of carbonyl (C=O) groups is 1. The van der Waals surface area contributed by atoms with Crippen molar-refractivity contribution in [3.05, 3.63) is 46.5 Å². The summed E-state index contributed by atoms with van der Waals surface area (Å²) in [5, 5.41) is 19.4. The molecule has 200 valence electrons. The van der Waals surface area contributed by atoms with Gasteiger partial charge in [0.1, 0.15) is 30.1 Å². The Morgan fingerprint density at radius 3 is 2.76 bits per heavy atom. The van der Waals surface area contributed by atoms with Crippen LogP contribution in [-0.4, -0.2) is 78.7 Å². The molecule has 2 fully saturated rings. The minimum absolute atomic E-state index is 0.0230. The Labute approximate surface area is 208 Å². The SMILES string of the molecule is COC(=O)C(N)Cc1ccc(O)cc1.Nc1nc2c(ncn2[C@@H]2O[C@@H]3COP(=O)(O)O[C@H]3[C@H]2O)c(=O)[nH]1. The number of anilines is 1. The quantitative estimate of drug-likeness (QED) is 0.170. The number of nitrogens with two attached hydrogens (primary N) is 2. The van der Waals surface area contributed by atoms with Crippen LogP contribution in [0.5, 0.6) is 5.75 Å². The predicted octanol–water partition coefficient (Wildman–Crippen LogP) is -1.09. The van der Waals surface area contributed by atoms with Gasteiger partial charge < -0.3 is 36.0 Å². The Bertz CT molecular complexity index is 1380. The smallest absolute Gasteiger partial charge is 0.472 e. The summed E-state index contributed by atoms with van der Waals surface area (Å²) < 4.78 is 32.4. The van der Waals surface area contributed by atoms with E-state index in [9.17, 15) is 24.2 Å². The number of aliphatic hydroxyl groups is 1. The number of phosphoric ester groups is 1. The van der Waals surface area contributed by atoms with Crippen LogP contribution >= 0.6 is 7.82 Å². The fourth-order valence-corrected chi connectivity index (χ4v) is 4.78. The number of aromatic nitrogens is 4. The summed E-state index contributed by atoms with van der Waals surface area (Å²) >= 11 is 0. The fourth-order valence-electron chi connectivity index (χ4n) is 3.82. The normalized spacial score (nSPS) is 27.7. The van der Waals surface area contributed by atoms with Crippen LogP contribution < -0.4 is 17.0 Å². The van der Waals surface area contributed by atoms with Gasteiger partial charge in [0, 0.05) is 0 Å². The van der Waals surface area contributed by atoms with Crippen molar-refractivity contribution >= 4 is 30.9 Å². The Kier molecular flexibility index (Phi) is 7.61. The highest BCUT2D eigenvalue weighted by Gasteiger charge is 2.52. The van der Waals surface area contributed by atoms with Crippen molar-refractivity contribution in [1.29, 1.82) is 0 Å². The zero-order chi connectivity index (χ0) is 26.9. The third-order valence-electron chi connectivity index (χ3n) is 5.59. The molecule has 0 spiro atoms. The van der Waals surface area contributed by atoms with Crippen molar-refractivity contribution in [1.82, 2.24) is 19.5 Å². The minimum atomic E-state index is -4.22. The van der Waals surface area contributed by atoms with E-state index in [1.54, 1.807) is 24.3 Å². The number of hydrogen-bond acceptors (Lipinski definition) is 13. The molecule has 2 aromatic heterocycles. The average Bonchev–Trinajstić information content (AvgIpc) is 3.40. The van der Waals surface area contributed by atoms with E-state index in [4.69, 9.17) is 25.8 Å². The van der Waals surface area contributed by atoms with Gasteiger partial charge in [-0.15, -0.1) is 0 Å². The number of carbonyl (C=O) groups excluding carboxylic acids is 1. The van der Waals surface area contributed by atoms with E-state index in [1.807, 2.05) is 0 Å². The van der Waals surface area contributed by atoms with Gasteiger partial charge in [0.15, 0.2) is 17.4 Å². The summed E-state index contributed by atoms with van der Waals surface area (Å²) in [5.41, 5.74) is 11.6. The second-order valence-corrected chi connectivity index (χ2v) is 9.57. The number of phenolic OH excluding ortho intramolecular Hbond substituents is 1. The van der Waals surface area contributed by atoms with E-state index in [-0.39, 0.29) is 29.5 Å². The van der Waals surface area contributed by atoms with Gasteiger partial charge in [-0.3, -0.25) is 28.2 Å². The fraction of sp³-hybridized carbons (Fsp3) is 0.400. The first kappa shape index (κ1) is 26.7. The lowest BCUT2D eigenvalue weighted by Gasteiger charge is -2.27. The molecule has 16 nitrogen and oxygen atoms in total. The second-order valence-electron chi connectivity index (χ2n) is 8.17. The van der Waals surface area contributed by atoms with Crippen molar-refractivity contribution in [2.24, 2.45) is 5.73 Å². The van der Waals surface area contributed by atoms with Crippen LogP contribution in [0.2, 0.25) is 0 Å². The maximum absolute atomic E-state index is 11.8. The van der Waals surface area contributed by atoms with Gasteiger partial charge >= 0.3 is 13.8 Å². The van der Waals surface area contributed by atoms with Crippen LogP contribution in [0.1, 0.15) is 11.8 Å². The van der Waals surface area contributed by atoms with E-state index in [2.05, 4.69) is 24.2 Å². The molecule has 37 heavy (non-hydrogen) atoms. The maximum Gasteiger partial charge on any atom is 0.472 e. The number of aromatic amines is 1. The van der Waals surface area contributed by atoms with Crippen LogP contribution in [0.3, 0.4) is 0 Å². The first-order valence-corrected chi connectivity index (χ1v) is 12.3. The third kappa shape index (κ3) is 5.80. The van der Waals surface area contributed by atoms with Crippen LogP contribution in [-0.2, 0) is 34.3 Å². The Morgan fingerprint density at radius 1 is 1.38 bits per heavy atom. The Balaban J connectivity index is 0.000000197. The standard InChI is InChI=1S/C10H12N5O7P.C10H13NO3/c11-10-13-7-4(8(17)14-10)12-2-15(7)9-5(16)6-3(21-9)1-20-23(18,19)22-6;1-14-10(13)9(11)6-7-2-4-8(12)5-3-7/h2-3,5-6,9,16H,1H2,(H,18,19)(H3,11,13,14,17);2-5,9,12H,6,11H2,1H3/t3-,5-,6-,9-;/m1./s1. The highest BCUT2D eigenvalue weighted by molar-refractivity contribution is 7.47. The van der Waals surface area contributed by atoms with Gasteiger partial charge in [0.25, 0.3) is 5.56 Å². The number of nitrogen functional groups attached to an aromatic ring is 1. The van der Waals surface area contributed by atoms with Crippen molar-refractivity contribution in [3.8, 4) is 5.75 Å². The van der Waals surface area contributed by atoms with Gasteiger partial charge in [0.2, 0.25) is 5.95 Å². The Hall–Kier alpha value is -3.37. The largest absolute Gasteiger partial charge is 0.508 e. The van der Waals surface area contributed by atoms with E-state index in [0.29, 0.717) is 6.42 Å². The number of aromatic hydroxyl groups is 1. The maximum atomic E-state index is 11.8. The Morgan fingerprint density at radius 2 is 2.08 bits per heavy atom. The van der Waals surface area contributed by atoms with E-state index < -0.39 is 49.9 Å². The number of H-pyrrole nitrogens is 1. The van der Waals surface area contributed by atoms with Gasteiger partial charge in [-0.2, -0.15) is 4.98 Å². The number of aliphatic hydroxyl groups excluding tert-OH is 1. The number of methoxy groups -OCH3 is 1. The number of phenols is 1. The molecule has 5 rings (SSSR count). The van der Waals surface area contributed by atoms with Gasteiger partial charge in [-0.1, -0.05) is 12.1 Å². The number of nitrogens with zero attached hydrogens (tertiary/aromatic N) is 3.